The van der Waals surface area contributed by atoms with E-state index in [1.807, 2.05) is 18.2 Å². The van der Waals surface area contributed by atoms with E-state index in [2.05, 4.69) is 30.6 Å². The molecule has 0 atom stereocenters. The Morgan fingerprint density at radius 1 is 1.14 bits per heavy atom. The van der Waals surface area contributed by atoms with Crippen LogP contribution in [0.1, 0.15) is 24.8 Å². The number of nitrogens with one attached hydrogen (secondary N) is 1. The van der Waals surface area contributed by atoms with Gasteiger partial charge in [-0.25, -0.2) is 0 Å². The summed E-state index contributed by atoms with van der Waals surface area (Å²) in [6, 6.07) is 10.2. The van der Waals surface area contributed by atoms with Crippen molar-refractivity contribution in [3.8, 4) is 0 Å². The fourth-order valence-corrected chi connectivity index (χ4v) is 2.72. The first-order chi connectivity index (χ1) is 10.8. The van der Waals surface area contributed by atoms with Gasteiger partial charge in [0, 0.05) is 30.9 Å². The van der Waals surface area contributed by atoms with Crippen molar-refractivity contribution < 1.29 is 4.79 Å². The molecule has 1 amide bonds. The molecule has 116 valence electrons. The number of carbonyl (C=O) groups is 1. The predicted octanol–water partition coefficient (Wildman–Crippen LogP) is 3.41. The molecule has 1 aliphatic rings. The quantitative estimate of drug-likeness (QED) is 0.746. The molecule has 0 unspecified atom stereocenters. The van der Waals surface area contributed by atoms with Gasteiger partial charge < -0.3 is 10.2 Å². The summed E-state index contributed by atoms with van der Waals surface area (Å²) in [6.45, 7) is 9.33. The van der Waals surface area contributed by atoms with Crippen LogP contribution in [0.15, 0.2) is 66.9 Å². The van der Waals surface area contributed by atoms with E-state index >= 15 is 0 Å². The Kier molecular flexibility index (Phi) is 6.01. The van der Waals surface area contributed by atoms with Crippen molar-refractivity contribution in [1.29, 1.82) is 0 Å². The molecule has 3 heteroatoms. The van der Waals surface area contributed by atoms with Crippen molar-refractivity contribution in [2.24, 2.45) is 0 Å². The molecule has 0 bridgehead atoms. The summed E-state index contributed by atoms with van der Waals surface area (Å²) >= 11 is 0. The average molecular weight is 296 g/mol. The molecular formula is C19H24N2O. The minimum Gasteiger partial charge on any atom is -0.384 e. The molecule has 3 nitrogen and oxygen atoms in total. The van der Waals surface area contributed by atoms with E-state index in [1.54, 1.807) is 17.1 Å². The zero-order valence-corrected chi connectivity index (χ0v) is 13.1. The number of benzene rings is 1. The van der Waals surface area contributed by atoms with Crippen molar-refractivity contribution in [3.05, 3.63) is 72.5 Å². The van der Waals surface area contributed by atoms with Crippen LogP contribution in [-0.4, -0.2) is 23.9 Å². The van der Waals surface area contributed by atoms with Gasteiger partial charge in [0.2, 0.25) is 0 Å². The van der Waals surface area contributed by atoms with Crippen LogP contribution in [0.5, 0.6) is 0 Å². The number of amides is 1. The molecule has 2 rings (SSSR count). The lowest BCUT2D eigenvalue weighted by Crippen LogP contribution is -2.33. The number of hydrogen-bond acceptors (Lipinski definition) is 2. The minimum absolute atomic E-state index is 0.105. The molecule has 0 saturated heterocycles. The van der Waals surface area contributed by atoms with Crippen molar-refractivity contribution in [2.45, 2.75) is 25.8 Å². The maximum Gasteiger partial charge on any atom is 0.252 e. The predicted molar refractivity (Wildman–Crippen MR) is 91.1 cm³/mol. The molecule has 0 fully saturated rings. The molecule has 0 aliphatic heterocycles. The highest BCUT2D eigenvalue weighted by Crippen LogP contribution is 2.26. The van der Waals surface area contributed by atoms with Gasteiger partial charge in [0.15, 0.2) is 0 Å². The van der Waals surface area contributed by atoms with Crippen LogP contribution in [0.2, 0.25) is 0 Å². The van der Waals surface area contributed by atoms with Crippen molar-refractivity contribution in [1.82, 2.24) is 10.2 Å². The maximum absolute atomic E-state index is 12.7. The molecule has 1 aromatic carbocycles. The van der Waals surface area contributed by atoms with E-state index in [4.69, 9.17) is 0 Å². The standard InChI is InChI=1S/C19H24N2O/c1-3-13-21(14-4-2)19(22)17-11-8-12-18(17)20-15-16-9-6-5-7-10-16/h3-7,9-10,20H,1-2,8,11-15H2. The summed E-state index contributed by atoms with van der Waals surface area (Å²) in [5.41, 5.74) is 3.23. The number of rotatable bonds is 8. The van der Waals surface area contributed by atoms with Gasteiger partial charge in [0.05, 0.1) is 0 Å². The Balaban J connectivity index is 2.07. The summed E-state index contributed by atoms with van der Waals surface area (Å²) in [5.74, 6) is 0.105. The van der Waals surface area contributed by atoms with Crippen LogP contribution in [0.3, 0.4) is 0 Å². The molecule has 1 N–H and O–H groups in total. The highest BCUT2D eigenvalue weighted by Gasteiger charge is 2.24. The smallest absolute Gasteiger partial charge is 0.252 e. The van der Waals surface area contributed by atoms with E-state index in [-0.39, 0.29) is 5.91 Å². The summed E-state index contributed by atoms with van der Waals surface area (Å²) in [6.07, 6.45) is 6.35. The summed E-state index contributed by atoms with van der Waals surface area (Å²) in [4.78, 5) is 14.5. The van der Waals surface area contributed by atoms with Gasteiger partial charge in [-0.05, 0) is 24.8 Å². The Bertz CT molecular complexity index is 550. The Labute approximate surface area is 133 Å². The summed E-state index contributed by atoms with van der Waals surface area (Å²) in [7, 11) is 0. The third-order valence-electron chi connectivity index (χ3n) is 3.81. The van der Waals surface area contributed by atoms with Gasteiger partial charge in [0.1, 0.15) is 0 Å². The lowest BCUT2D eigenvalue weighted by atomic mass is 10.1. The van der Waals surface area contributed by atoms with Gasteiger partial charge in [0.25, 0.3) is 5.91 Å². The topological polar surface area (TPSA) is 32.3 Å². The van der Waals surface area contributed by atoms with Crippen LogP contribution >= 0.6 is 0 Å². The van der Waals surface area contributed by atoms with Gasteiger partial charge >= 0.3 is 0 Å². The highest BCUT2D eigenvalue weighted by atomic mass is 16.2. The minimum atomic E-state index is 0.105. The molecule has 0 radical (unpaired) electrons. The van der Waals surface area contributed by atoms with Gasteiger partial charge in [-0.1, -0.05) is 42.5 Å². The zero-order valence-electron chi connectivity index (χ0n) is 13.1. The first kappa shape index (κ1) is 16.1. The largest absolute Gasteiger partial charge is 0.384 e. The van der Waals surface area contributed by atoms with Crippen molar-refractivity contribution in [2.75, 3.05) is 13.1 Å². The molecule has 0 spiro atoms. The average Bonchev–Trinajstić information content (AvgIpc) is 3.01. The van der Waals surface area contributed by atoms with E-state index in [0.717, 1.165) is 37.1 Å². The van der Waals surface area contributed by atoms with Crippen LogP contribution in [-0.2, 0) is 11.3 Å². The Hall–Kier alpha value is -2.29. The lowest BCUT2D eigenvalue weighted by Gasteiger charge is -2.21. The molecule has 1 aliphatic carbocycles. The van der Waals surface area contributed by atoms with Crippen LogP contribution in [0.25, 0.3) is 0 Å². The van der Waals surface area contributed by atoms with E-state index < -0.39 is 0 Å². The van der Waals surface area contributed by atoms with E-state index in [0.29, 0.717) is 13.1 Å². The van der Waals surface area contributed by atoms with Crippen LogP contribution < -0.4 is 5.32 Å². The normalized spacial score (nSPS) is 13.8. The SMILES string of the molecule is C=CCN(CC=C)C(=O)C1=C(NCc2ccccc2)CCC1. The zero-order chi connectivity index (χ0) is 15.8. The molecule has 0 heterocycles. The van der Waals surface area contributed by atoms with E-state index in [9.17, 15) is 4.79 Å². The van der Waals surface area contributed by atoms with E-state index in [1.165, 1.54) is 5.56 Å². The number of carbonyl (C=O) groups excluding carboxylic acids is 1. The molecule has 0 aromatic heterocycles. The first-order valence-corrected chi connectivity index (χ1v) is 7.77. The van der Waals surface area contributed by atoms with Crippen LogP contribution in [0.4, 0.5) is 0 Å². The fraction of sp³-hybridized carbons (Fsp3) is 0.316. The number of hydrogen-bond donors (Lipinski definition) is 1. The Morgan fingerprint density at radius 2 is 1.82 bits per heavy atom. The lowest BCUT2D eigenvalue weighted by molar-refractivity contribution is -0.126. The third-order valence-corrected chi connectivity index (χ3v) is 3.81. The van der Waals surface area contributed by atoms with Gasteiger partial charge in [-0.15, -0.1) is 13.2 Å². The monoisotopic (exact) mass is 296 g/mol. The highest BCUT2D eigenvalue weighted by molar-refractivity contribution is 5.94. The molecule has 1 aromatic rings. The van der Waals surface area contributed by atoms with Crippen molar-refractivity contribution >= 4 is 5.91 Å². The van der Waals surface area contributed by atoms with Crippen LogP contribution in [0, 0.1) is 0 Å². The summed E-state index contributed by atoms with van der Waals surface area (Å²) in [5, 5.41) is 3.45. The molecule has 0 saturated carbocycles. The third kappa shape index (κ3) is 4.10. The summed E-state index contributed by atoms with van der Waals surface area (Å²) < 4.78 is 0. The first-order valence-electron chi connectivity index (χ1n) is 7.77. The number of nitrogens with zero attached hydrogens (tertiary/aromatic N) is 1. The van der Waals surface area contributed by atoms with Gasteiger partial charge in [-0.3, -0.25) is 4.79 Å². The second-order valence-electron chi connectivity index (χ2n) is 5.44. The fourth-order valence-electron chi connectivity index (χ4n) is 2.72. The molecular weight excluding hydrogens is 272 g/mol. The second-order valence-corrected chi connectivity index (χ2v) is 5.44. The molecule has 22 heavy (non-hydrogen) atoms. The second kappa shape index (κ2) is 8.23. The van der Waals surface area contributed by atoms with Gasteiger partial charge in [-0.2, -0.15) is 0 Å². The van der Waals surface area contributed by atoms with Crippen molar-refractivity contribution in [3.63, 3.8) is 0 Å². The Morgan fingerprint density at radius 3 is 2.45 bits per heavy atom. The maximum atomic E-state index is 12.7. The number of allylic oxidation sites excluding steroid dienone is 1.